The summed E-state index contributed by atoms with van der Waals surface area (Å²) in [5.41, 5.74) is 8.15. The van der Waals surface area contributed by atoms with E-state index in [0.29, 0.717) is 5.92 Å². The first-order valence-electron chi connectivity index (χ1n) is 5.87. The van der Waals surface area contributed by atoms with Crippen LogP contribution < -0.4 is 5.73 Å². The van der Waals surface area contributed by atoms with Crippen LogP contribution in [0.15, 0.2) is 36.5 Å². The van der Waals surface area contributed by atoms with E-state index in [4.69, 9.17) is 5.73 Å². The highest BCUT2D eigenvalue weighted by molar-refractivity contribution is 5.78. The highest BCUT2D eigenvalue weighted by atomic mass is 14.6. The second kappa shape index (κ2) is 5.08. The molecule has 0 amide bonds. The second-order valence-corrected chi connectivity index (χ2v) is 4.24. The highest BCUT2D eigenvalue weighted by Gasteiger charge is 2.05. The van der Waals surface area contributed by atoms with Crippen LogP contribution in [0.2, 0.25) is 0 Å². The van der Waals surface area contributed by atoms with Crippen LogP contribution >= 0.6 is 0 Å². The third-order valence-corrected chi connectivity index (χ3v) is 3.10. The van der Waals surface area contributed by atoms with Gasteiger partial charge in [-0.25, -0.2) is 0 Å². The Morgan fingerprint density at radius 3 is 2.94 bits per heavy atom. The molecule has 2 N–H and O–H groups in total. The third-order valence-electron chi connectivity index (χ3n) is 3.10. The number of hydrogen-bond donors (Lipinski definition) is 1. The number of nitrogens with zero attached hydrogens (tertiary/aromatic N) is 1. The molecule has 1 aromatic carbocycles. The van der Waals surface area contributed by atoms with E-state index in [9.17, 15) is 0 Å². The van der Waals surface area contributed by atoms with Crippen LogP contribution in [0.3, 0.4) is 0 Å². The topological polar surface area (TPSA) is 38.9 Å². The molecule has 0 saturated carbocycles. The van der Waals surface area contributed by atoms with E-state index in [1.165, 1.54) is 10.9 Å². The van der Waals surface area contributed by atoms with Crippen LogP contribution in [0.25, 0.3) is 10.9 Å². The van der Waals surface area contributed by atoms with Crippen LogP contribution in [-0.4, -0.2) is 11.5 Å². The van der Waals surface area contributed by atoms with E-state index in [0.717, 1.165) is 24.9 Å². The Balaban J connectivity index is 2.25. The summed E-state index contributed by atoms with van der Waals surface area (Å²) in [6, 6.07) is 10.6. The molecule has 84 valence electrons. The number of benzene rings is 1. The Hall–Kier alpha value is -1.41. The SMILES string of the molecule is CCC(CN)Cc1ccc2ncccc2c1. The molecule has 2 aromatic rings. The van der Waals surface area contributed by atoms with Gasteiger partial charge < -0.3 is 5.73 Å². The molecule has 1 heterocycles. The van der Waals surface area contributed by atoms with Gasteiger partial charge in [-0.1, -0.05) is 25.5 Å². The van der Waals surface area contributed by atoms with Crippen molar-refractivity contribution >= 4 is 10.9 Å². The van der Waals surface area contributed by atoms with Gasteiger partial charge in [0, 0.05) is 11.6 Å². The maximum absolute atomic E-state index is 5.73. The number of fused-ring (bicyclic) bond motifs is 1. The first-order valence-corrected chi connectivity index (χ1v) is 5.87. The van der Waals surface area contributed by atoms with Gasteiger partial charge in [0.05, 0.1) is 5.52 Å². The van der Waals surface area contributed by atoms with Gasteiger partial charge in [-0.3, -0.25) is 4.98 Å². The number of nitrogens with two attached hydrogens (primary N) is 1. The van der Waals surface area contributed by atoms with Gasteiger partial charge in [-0.2, -0.15) is 0 Å². The first kappa shape index (κ1) is 11.1. The van der Waals surface area contributed by atoms with E-state index < -0.39 is 0 Å². The van der Waals surface area contributed by atoms with E-state index >= 15 is 0 Å². The Morgan fingerprint density at radius 1 is 1.31 bits per heavy atom. The molecule has 0 spiro atoms. The van der Waals surface area contributed by atoms with Gasteiger partial charge in [0.25, 0.3) is 0 Å². The van der Waals surface area contributed by atoms with Crippen LogP contribution in [-0.2, 0) is 6.42 Å². The van der Waals surface area contributed by atoms with Gasteiger partial charge in [0.15, 0.2) is 0 Å². The fourth-order valence-electron chi connectivity index (χ4n) is 1.98. The number of pyridine rings is 1. The zero-order valence-corrected chi connectivity index (χ0v) is 9.69. The molecular formula is C14H18N2. The Kier molecular flexibility index (Phi) is 3.52. The Bertz CT molecular complexity index is 461. The minimum absolute atomic E-state index is 0.592. The summed E-state index contributed by atoms with van der Waals surface area (Å²) in [6.45, 7) is 2.96. The number of rotatable bonds is 4. The predicted octanol–water partition coefficient (Wildman–Crippen LogP) is 2.76. The van der Waals surface area contributed by atoms with Crippen molar-refractivity contribution < 1.29 is 0 Å². The molecule has 2 nitrogen and oxygen atoms in total. The largest absolute Gasteiger partial charge is 0.330 e. The van der Waals surface area contributed by atoms with Crippen molar-refractivity contribution in [3.63, 3.8) is 0 Å². The van der Waals surface area contributed by atoms with Crippen molar-refractivity contribution in [2.45, 2.75) is 19.8 Å². The van der Waals surface area contributed by atoms with Crippen molar-refractivity contribution in [3.8, 4) is 0 Å². The van der Waals surface area contributed by atoms with Gasteiger partial charge in [0.1, 0.15) is 0 Å². The first-order chi connectivity index (χ1) is 7.83. The fraction of sp³-hybridized carbons (Fsp3) is 0.357. The quantitative estimate of drug-likeness (QED) is 0.850. The minimum atomic E-state index is 0.592. The lowest BCUT2D eigenvalue weighted by Crippen LogP contribution is -2.15. The normalized spacial score (nSPS) is 12.9. The molecule has 0 aliphatic heterocycles. The van der Waals surface area contributed by atoms with E-state index in [2.05, 4.69) is 36.2 Å². The van der Waals surface area contributed by atoms with Gasteiger partial charge in [-0.05, 0) is 42.6 Å². The molecule has 1 aromatic heterocycles. The lowest BCUT2D eigenvalue weighted by atomic mass is 9.96. The van der Waals surface area contributed by atoms with Crippen molar-refractivity contribution in [2.24, 2.45) is 11.7 Å². The summed E-state index contributed by atoms with van der Waals surface area (Å²) in [5.74, 6) is 0.592. The summed E-state index contributed by atoms with van der Waals surface area (Å²) in [6.07, 6.45) is 4.04. The molecule has 0 radical (unpaired) electrons. The zero-order valence-electron chi connectivity index (χ0n) is 9.69. The summed E-state index contributed by atoms with van der Waals surface area (Å²) < 4.78 is 0. The summed E-state index contributed by atoms with van der Waals surface area (Å²) in [7, 11) is 0. The number of hydrogen-bond acceptors (Lipinski definition) is 2. The van der Waals surface area contributed by atoms with Crippen LogP contribution in [0, 0.1) is 5.92 Å². The van der Waals surface area contributed by atoms with Crippen molar-refractivity contribution in [3.05, 3.63) is 42.1 Å². The third kappa shape index (κ3) is 2.39. The second-order valence-electron chi connectivity index (χ2n) is 4.24. The average Bonchev–Trinajstić information content (AvgIpc) is 2.35. The Morgan fingerprint density at radius 2 is 2.19 bits per heavy atom. The highest BCUT2D eigenvalue weighted by Crippen LogP contribution is 2.17. The van der Waals surface area contributed by atoms with Crippen LogP contribution in [0.5, 0.6) is 0 Å². The van der Waals surface area contributed by atoms with Crippen molar-refractivity contribution in [1.29, 1.82) is 0 Å². The van der Waals surface area contributed by atoms with E-state index in [-0.39, 0.29) is 0 Å². The standard InChI is InChI=1S/C14H18N2/c1-2-11(10-15)8-12-5-6-14-13(9-12)4-3-7-16-14/h3-7,9,11H,2,8,10,15H2,1H3. The summed E-state index contributed by atoms with van der Waals surface area (Å²) in [4.78, 5) is 4.32. The lowest BCUT2D eigenvalue weighted by Gasteiger charge is -2.12. The van der Waals surface area contributed by atoms with Crippen LogP contribution in [0.1, 0.15) is 18.9 Å². The van der Waals surface area contributed by atoms with Gasteiger partial charge >= 0.3 is 0 Å². The smallest absolute Gasteiger partial charge is 0.0702 e. The predicted molar refractivity (Wildman–Crippen MR) is 68.3 cm³/mol. The number of aromatic nitrogens is 1. The minimum Gasteiger partial charge on any atom is -0.330 e. The zero-order chi connectivity index (χ0) is 11.4. The van der Waals surface area contributed by atoms with Gasteiger partial charge in [-0.15, -0.1) is 0 Å². The van der Waals surface area contributed by atoms with Crippen molar-refractivity contribution in [1.82, 2.24) is 4.98 Å². The lowest BCUT2D eigenvalue weighted by molar-refractivity contribution is 0.519. The monoisotopic (exact) mass is 214 g/mol. The summed E-state index contributed by atoms with van der Waals surface area (Å²) >= 11 is 0. The van der Waals surface area contributed by atoms with Gasteiger partial charge in [0.2, 0.25) is 0 Å². The van der Waals surface area contributed by atoms with E-state index in [1.807, 2.05) is 12.3 Å². The molecule has 1 atom stereocenters. The molecule has 0 aliphatic rings. The molecule has 16 heavy (non-hydrogen) atoms. The van der Waals surface area contributed by atoms with Crippen molar-refractivity contribution in [2.75, 3.05) is 6.54 Å². The molecule has 0 saturated heterocycles. The maximum Gasteiger partial charge on any atom is 0.0702 e. The molecule has 0 aliphatic carbocycles. The van der Waals surface area contributed by atoms with Crippen LogP contribution in [0.4, 0.5) is 0 Å². The molecule has 2 rings (SSSR count). The Labute approximate surface area is 96.5 Å². The molecule has 0 bridgehead atoms. The van der Waals surface area contributed by atoms with E-state index in [1.54, 1.807) is 0 Å². The summed E-state index contributed by atoms with van der Waals surface area (Å²) in [5, 5.41) is 1.21. The molecule has 1 unspecified atom stereocenters. The maximum atomic E-state index is 5.73. The average molecular weight is 214 g/mol. The molecular weight excluding hydrogens is 196 g/mol. The molecule has 2 heteroatoms. The fourth-order valence-corrected chi connectivity index (χ4v) is 1.98. The molecule has 0 fully saturated rings.